The topological polar surface area (TPSA) is 125 Å². The first-order valence-corrected chi connectivity index (χ1v) is 16.4. The van der Waals surface area contributed by atoms with Crippen LogP contribution >= 0.6 is 19.0 Å². The Morgan fingerprint density at radius 3 is 2.54 bits per heavy atom. The minimum atomic E-state index is -4.25. The van der Waals surface area contributed by atoms with Crippen molar-refractivity contribution in [1.29, 1.82) is 0 Å². The molecule has 4 rings (SSSR count). The number of alkyl carbamates (subject to hydrolysis) is 1. The van der Waals surface area contributed by atoms with Gasteiger partial charge in [0, 0.05) is 23.0 Å². The number of rotatable bonds is 9. The van der Waals surface area contributed by atoms with Crippen molar-refractivity contribution in [3.05, 3.63) is 47.3 Å². The van der Waals surface area contributed by atoms with Crippen LogP contribution in [0, 0.1) is 17.2 Å². The second kappa shape index (κ2) is 12.1. The van der Waals surface area contributed by atoms with Gasteiger partial charge in [-0.1, -0.05) is 44.5 Å². The van der Waals surface area contributed by atoms with Gasteiger partial charge in [0.2, 0.25) is 19.2 Å². The summed E-state index contributed by atoms with van der Waals surface area (Å²) < 4.78 is 33.7. The molecule has 2 unspecified atom stereocenters. The van der Waals surface area contributed by atoms with Gasteiger partial charge >= 0.3 is 6.09 Å². The van der Waals surface area contributed by atoms with Crippen LogP contribution < -0.4 is 10.6 Å². The van der Waals surface area contributed by atoms with E-state index in [1.54, 1.807) is 0 Å². The van der Waals surface area contributed by atoms with Crippen LogP contribution in [-0.2, 0) is 25.1 Å². The summed E-state index contributed by atoms with van der Waals surface area (Å²) in [6, 6.07) is 2.15. The highest BCUT2D eigenvalue weighted by Crippen LogP contribution is 2.71. The molecule has 2 aliphatic carbocycles. The van der Waals surface area contributed by atoms with Crippen LogP contribution in [0.5, 0.6) is 0 Å². The first-order chi connectivity index (χ1) is 19.2. The molecule has 1 aromatic rings. The molecule has 3 fully saturated rings. The Balaban J connectivity index is 1.50. The third-order valence-electron chi connectivity index (χ3n) is 8.46. The highest BCUT2D eigenvalue weighted by Gasteiger charge is 2.65. The van der Waals surface area contributed by atoms with E-state index in [4.69, 9.17) is 16.3 Å². The Labute approximate surface area is 245 Å². The Kier molecular flexibility index (Phi) is 9.27. The number of likely N-dealkylation sites (tertiary alicyclic amines) is 1. The summed E-state index contributed by atoms with van der Waals surface area (Å²) in [5.74, 6) is -2.21. The van der Waals surface area contributed by atoms with Gasteiger partial charge in [-0.3, -0.25) is 14.2 Å². The summed E-state index contributed by atoms with van der Waals surface area (Å²) in [6.07, 6.45) is 4.73. The van der Waals surface area contributed by atoms with Crippen molar-refractivity contribution in [2.45, 2.75) is 95.3 Å². The van der Waals surface area contributed by atoms with E-state index in [1.165, 1.54) is 23.1 Å². The molecule has 12 heteroatoms. The molecule has 0 bridgehead atoms. The molecule has 1 aliphatic heterocycles. The van der Waals surface area contributed by atoms with Gasteiger partial charge in [0.1, 0.15) is 29.3 Å². The third kappa shape index (κ3) is 6.65. The second-order valence-electron chi connectivity index (χ2n) is 12.5. The molecule has 9 nitrogen and oxygen atoms in total. The summed E-state index contributed by atoms with van der Waals surface area (Å²) in [6.45, 7) is 9.49. The lowest BCUT2D eigenvalue weighted by atomic mass is 9.85. The van der Waals surface area contributed by atoms with Crippen LogP contribution in [0.3, 0.4) is 0 Å². The summed E-state index contributed by atoms with van der Waals surface area (Å²) in [5, 5.41) is 3.98. The predicted octanol–water partition coefficient (Wildman–Crippen LogP) is 5.34. The number of nitrogens with one attached hydrogen (secondary N) is 2. The third-order valence-corrected chi connectivity index (χ3v) is 11.4. The molecular formula is C29H40ClFN3O6P. The lowest BCUT2D eigenvalue weighted by molar-refractivity contribution is -0.142. The molecular weight excluding hydrogens is 572 g/mol. The molecule has 5 atom stereocenters. The Bertz CT molecular complexity index is 1230. The van der Waals surface area contributed by atoms with Crippen LogP contribution in [0.1, 0.15) is 71.3 Å². The van der Waals surface area contributed by atoms with E-state index in [0.29, 0.717) is 19.4 Å². The molecule has 1 saturated heterocycles. The number of ether oxygens (including phenoxy) is 1. The average molecular weight is 612 g/mol. The zero-order valence-electron chi connectivity index (χ0n) is 23.8. The molecule has 3 amide bonds. The fourth-order valence-corrected chi connectivity index (χ4v) is 8.70. The van der Waals surface area contributed by atoms with Crippen LogP contribution in [-0.4, -0.2) is 57.7 Å². The van der Waals surface area contributed by atoms with Gasteiger partial charge in [-0.2, -0.15) is 0 Å². The van der Waals surface area contributed by atoms with E-state index in [0.717, 1.165) is 31.7 Å². The number of halogens is 2. The van der Waals surface area contributed by atoms with Crippen LogP contribution in [0.2, 0.25) is 5.02 Å². The minimum Gasteiger partial charge on any atom is -0.446 e. The number of nitrogens with zero attached hydrogens (tertiary/aromatic N) is 1. The fraction of sp³-hybridized carbons (Fsp3) is 0.621. The number of benzene rings is 1. The van der Waals surface area contributed by atoms with Gasteiger partial charge in [0.25, 0.3) is 0 Å². The maximum atomic E-state index is 14.5. The number of carbonyl (C=O) groups excluding carboxylic acids is 3. The summed E-state index contributed by atoms with van der Waals surface area (Å²) in [4.78, 5) is 52.8. The summed E-state index contributed by atoms with van der Waals surface area (Å²) >= 11 is 6.13. The first-order valence-electron chi connectivity index (χ1n) is 14.2. The molecule has 41 heavy (non-hydrogen) atoms. The maximum absolute atomic E-state index is 14.5. The van der Waals surface area contributed by atoms with Gasteiger partial charge in [0.15, 0.2) is 0 Å². The lowest BCUT2D eigenvalue weighted by Crippen LogP contribution is -2.58. The van der Waals surface area contributed by atoms with Gasteiger partial charge in [-0.15, -0.1) is 6.58 Å². The second-order valence-corrected chi connectivity index (χ2v) is 15.4. The number of hydrogen-bond acceptors (Lipinski definition) is 5. The molecule has 0 radical (unpaired) electrons. The maximum Gasteiger partial charge on any atom is 0.408 e. The lowest BCUT2D eigenvalue weighted by Gasteiger charge is -2.36. The Morgan fingerprint density at radius 1 is 1.27 bits per heavy atom. The standard InChI is InChI=1S/C29H40ClFN3O6P/c1-5-18-16-29(18,41(38,39)17-20-21(30)12-8-13-22(20)31)33-25(35)23-14-9-15-34(23)26(36)24(28(2,3)4)32-27(37)40-19-10-6-7-11-19/h5,8,12-13,18-19,23-24H,1,6-7,9-11,14-17H2,2-4H3,(H,32,37)(H,33,35)(H,38,39)/t18-,23+,24?,29+/m1/s1. The highest BCUT2D eigenvalue weighted by molar-refractivity contribution is 7.59. The van der Waals surface area contributed by atoms with Crippen molar-refractivity contribution < 1.29 is 33.0 Å². The van der Waals surface area contributed by atoms with Crippen LogP contribution in [0.4, 0.5) is 9.18 Å². The van der Waals surface area contributed by atoms with E-state index in [-0.39, 0.29) is 23.1 Å². The molecule has 3 aliphatic rings. The average Bonchev–Trinajstić information content (AvgIpc) is 3.22. The van der Waals surface area contributed by atoms with E-state index in [1.807, 2.05) is 20.8 Å². The van der Waals surface area contributed by atoms with Gasteiger partial charge in [-0.05, 0) is 62.5 Å². The van der Waals surface area contributed by atoms with E-state index >= 15 is 0 Å². The van der Waals surface area contributed by atoms with Gasteiger partial charge < -0.3 is 25.2 Å². The zero-order chi connectivity index (χ0) is 30.2. The molecule has 226 valence electrons. The van der Waals surface area contributed by atoms with E-state index in [9.17, 15) is 28.2 Å². The van der Waals surface area contributed by atoms with Crippen molar-refractivity contribution in [3.63, 3.8) is 0 Å². The number of carbonyl (C=O) groups is 3. The first kappa shape index (κ1) is 31.5. The summed E-state index contributed by atoms with van der Waals surface area (Å²) in [7, 11) is -4.25. The zero-order valence-corrected chi connectivity index (χ0v) is 25.5. The van der Waals surface area contributed by atoms with Gasteiger partial charge in [-0.25, -0.2) is 9.18 Å². The Morgan fingerprint density at radius 2 is 1.95 bits per heavy atom. The quantitative estimate of drug-likeness (QED) is 0.256. The minimum absolute atomic E-state index is 0.0244. The molecule has 3 N–H and O–H groups in total. The Hall–Kier alpha value is -2.42. The highest BCUT2D eigenvalue weighted by atomic mass is 35.5. The SMILES string of the molecule is C=C[C@@H]1C[C@]1(NC(=O)[C@@H]1CCCN1C(=O)C(NC(=O)OC1CCCC1)C(C)(C)C)P(=O)(O)Cc1c(F)cccc1Cl. The van der Waals surface area contributed by atoms with Crippen LogP contribution in [0.15, 0.2) is 30.9 Å². The van der Waals surface area contributed by atoms with Crippen LogP contribution in [0.25, 0.3) is 0 Å². The van der Waals surface area contributed by atoms with Crippen molar-refractivity contribution in [3.8, 4) is 0 Å². The number of amides is 3. The monoisotopic (exact) mass is 611 g/mol. The molecule has 0 spiro atoms. The van der Waals surface area contributed by atoms with Crippen molar-refractivity contribution in [2.75, 3.05) is 6.54 Å². The van der Waals surface area contributed by atoms with Crippen molar-refractivity contribution >= 4 is 36.9 Å². The van der Waals surface area contributed by atoms with Crippen molar-refractivity contribution in [2.24, 2.45) is 11.3 Å². The van der Waals surface area contributed by atoms with Gasteiger partial charge in [0.05, 0.1) is 6.16 Å². The summed E-state index contributed by atoms with van der Waals surface area (Å²) in [5.41, 5.74) is -0.773. The van der Waals surface area contributed by atoms with Crippen molar-refractivity contribution in [1.82, 2.24) is 15.5 Å². The molecule has 1 heterocycles. The smallest absolute Gasteiger partial charge is 0.408 e. The fourth-order valence-electron chi connectivity index (χ4n) is 5.95. The van der Waals surface area contributed by atoms with E-state index in [2.05, 4.69) is 17.2 Å². The predicted molar refractivity (Wildman–Crippen MR) is 154 cm³/mol. The number of hydrogen-bond donors (Lipinski definition) is 3. The molecule has 1 aromatic carbocycles. The normalized spacial score (nSPS) is 26.6. The molecule has 0 aromatic heterocycles. The van der Waals surface area contributed by atoms with E-state index < -0.39 is 66.0 Å². The molecule has 2 saturated carbocycles. The largest absolute Gasteiger partial charge is 0.446 e.